The lowest BCUT2D eigenvalue weighted by molar-refractivity contribution is -0.356. The number of halogens is 14. The van der Waals surface area contributed by atoms with Crippen LogP contribution in [0.25, 0.3) is 0 Å². The summed E-state index contributed by atoms with van der Waals surface area (Å²) in [5.41, 5.74) is -7.62. The lowest BCUT2D eigenvalue weighted by atomic mass is 9.81. The number of hydrogen-bond donors (Lipinski definition) is 1. The van der Waals surface area contributed by atoms with E-state index in [0.29, 0.717) is 11.8 Å². The topological polar surface area (TPSA) is 43.1 Å². The van der Waals surface area contributed by atoms with Gasteiger partial charge in [-0.05, 0) is 18.1 Å². The van der Waals surface area contributed by atoms with Gasteiger partial charge in [-0.1, -0.05) is 0 Å². The molecule has 0 unspecified atom stereocenters. The first-order chi connectivity index (χ1) is 13.5. The van der Waals surface area contributed by atoms with Gasteiger partial charge in [0.1, 0.15) is 0 Å². The number of nitrogens with two attached hydrogens (primary N) is 1. The third-order valence-corrected chi connectivity index (χ3v) is 5.12. The molecule has 0 saturated carbocycles. The van der Waals surface area contributed by atoms with E-state index in [1.807, 2.05) is 0 Å². The summed E-state index contributed by atoms with van der Waals surface area (Å²) in [6, 6.07) is 0. The molecule has 31 heavy (non-hydrogen) atoms. The normalized spacial score (nSPS) is 14.9. The molecule has 186 valence electrons. The van der Waals surface area contributed by atoms with Crippen molar-refractivity contribution in [2.24, 2.45) is 11.7 Å². The first-order valence-corrected chi connectivity index (χ1v) is 9.16. The van der Waals surface area contributed by atoms with Gasteiger partial charge < -0.3 is 5.73 Å². The number of primary amides is 1. The molecule has 0 radical (unpaired) electrons. The SMILES string of the molecule is NC(=O)CCSCCC(CC(F)(C(F)(F)F)C(F)(F)F)CC(F)(C(F)(F)F)C(F)(F)F. The zero-order valence-electron chi connectivity index (χ0n) is 15.0. The predicted octanol–water partition coefficient (Wildman–Crippen LogP) is 6.05. The number of rotatable bonds is 10. The third kappa shape index (κ3) is 7.44. The molecule has 1 amide bonds. The highest BCUT2D eigenvalue weighted by molar-refractivity contribution is 7.99. The second-order valence-corrected chi connectivity index (χ2v) is 7.71. The van der Waals surface area contributed by atoms with Gasteiger partial charge in [0.05, 0.1) is 0 Å². The molecule has 0 aliphatic rings. The first-order valence-electron chi connectivity index (χ1n) is 8.00. The molecule has 0 fully saturated rings. The van der Waals surface area contributed by atoms with Crippen LogP contribution in [0.15, 0.2) is 0 Å². The van der Waals surface area contributed by atoms with Crippen LogP contribution in [-0.4, -0.2) is 53.5 Å². The van der Waals surface area contributed by atoms with Crippen molar-refractivity contribution in [3.05, 3.63) is 0 Å². The van der Waals surface area contributed by atoms with Crippen LogP contribution in [0.5, 0.6) is 0 Å². The van der Waals surface area contributed by atoms with Gasteiger partial charge in [-0.3, -0.25) is 4.79 Å². The van der Waals surface area contributed by atoms with Crippen LogP contribution >= 0.6 is 11.8 Å². The minimum absolute atomic E-state index is 0.235. The number of alkyl halides is 14. The van der Waals surface area contributed by atoms with Gasteiger partial charge in [-0.15, -0.1) is 0 Å². The zero-order chi connectivity index (χ0) is 25.1. The molecule has 0 rings (SSSR count). The van der Waals surface area contributed by atoms with Crippen molar-refractivity contribution in [1.29, 1.82) is 0 Å². The Morgan fingerprint density at radius 1 is 0.645 bits per heavy atom. The Bertz CT molecular complexity index is 526. The van der Waals surface area contributed by atoms with Gasteiger partial charge in [0.15, 0.2) is 0 Å². The largest absolute Gasteiger partial charge is 0.431 e. The van der Waals surface area contributed by atoms with Crippen LogP contribution in [0.1, 0.15) is 25.7 Å². The van der Waals surface area contributed by atoms with Gasteiger partial charge >= 0.3 is 24.7 Å². The molecule has 0 aromatic carbocycles. The van der Waals surface area contributed by atoms with Crippen molar-refractivity contribution in [2.45, 2.75) is 61.7 Å². The monoisotopic (exact) mass is 511 g/mol. The Morgan fingerprint density at radius 3 is 1.23 bits per heavy atom. The summed E-state index contributed by atoms with van der Waals surface area (Å²) in [6.07, 6.45) is -34.5. The Kier molecular flexibility index (Phi) is 9.40. The maximum Gasteiger partial charge on any atom is 0.431 e. The van der Waals surface area contributed by atoms with Gasteiger partial charge in [-0.2, -0.15) is 64.4 Å². The highest BCUT2D eigenvalue weighted by atomic mass is 32.2. The maximum atomic E-state index is 13.9. The number of carbonyl (C=O) groups excluding carboxylic acids is 1. The fourth-order valence-corrected chi connectivity index (χ4v) is 3.43. The number of amides is 1. The van der Waals surface area contributed by atoms with E-state index in [2.05, 4.69) is 0 Å². The summed E-state index contributed by atoms with van der Waals surface area (Å²) < 4.78 is 180. The van der Waals surface area contributed by atoms with Crippen LogP contribution in [0.4, 0.5) is 61.5 Å². The van der Waals surface area contributed by atoms with E-state index >= 15 is 0 Å². The van der Waals surface area contributed by atoms with Crippen LogP contribution in [0, 0.1) is 5.92 Å². The van der Waals surface area contributed by atoms with Crippen molar-refractivity contribution in [1.82, 2.24) is 0 Å². The highest BCUT2D eigenvalue weighted by Crippen LogP contribution is 2.54. The molecule has 0 aliphatic heterocycles. The van der Waals surface area contributed by atoms with E-state index in [1.165, 1.54) is 0 Å². The molecule has 0 aromatic heterocycles. The van der Waals surface area contributed by atoms with Crippen molar-refractivity contribution in [2.75, 3.05) is 11.5 Å². The Balaban J connectivity index is 5.97. The maximum absolute atomic E-state index is 13.9. The summed E-state index contributed by atoms with van der Waals surface area (Å²) in [6.45, 7) is 0. The quantitative estimate of drug-likeness (QED) is 0.287. The van der Waals surface area contributed by atoms with E-state index < -0.39 is 72.9 Å². The van der Waals surface area contributed by atoms with Crippen molar-refractivity contribution in [3.63, 3.8) is 0 Å². The molecular weight excluding hydrogens is 496 g/mol. The highest BCUT2D eigenvalue weighted by Gasteiger charge is 2.75. The van der Waals surface area contributed by atoms with Gasteiger partial charge in [-0.25, -0.2) is 8.78 Å². The van der Waals surface area contributed by atoms with Crippen molar-refractivity contribution < 1.29 is 66.3 Å². The first kappa shape index (κ1) is 29.8. The van der Waals surface area contributed by atoms with E-state index in [-0.39, 0.29) is 12.2 Å². The van der Waals surface area contributed by atoms with Crippen LogP contribution < -0.4 is 5.73 Å². The van der Waals surface area contributed by atoms with Crippen molar-refractivity contribution in [3.8, 4) is 0 Å². The smallest absolute Gasteiger partial charge is 0.370 e. The Hall–Kier alpha value is -1.16. The van der Waals surface area contributed by atoms with Crippen LogP contribution in [0.2, 0.25) is 0 Å². The molecule has 17 heteroatoms. The molecule has 0 saturated heterocycles. The van der Waals surface area contributed by atoms with Crippen molar-refractivity contribution >= 4 is 17.7 Å². The summed E-state index contributed by atoms with van der Waals surface area (Å²) in [5.74, 6) is -4.82. The fraction of sp³-hybridized carbons (Fsp3) is 0.929. The lowest BCUT2D eigenvalue weighted by Crippen LogP contribution is -2.57. The average Bonchev–Trinajstić information content (AvgIpc) is 2.49. The molecule has 0 heterocycles. The summed E-state index contributed by atoms with van der Waals surface area (Å²) in [4.78, 5) is 10.5. The second kappa shape index (κ2) is 9.77. The lowest BCUT2D eigenvalue weighted by Gasteiger charge is -2.37. The molecule has 0 bridgehead atoms. The molecule has 0 aromatic rings. The van der Waals surface area contributed by atoms with E-state index in [1.54, 1.807) is 0 Å². The summed E-state index contributed by atoms with van der Waals surface area (Å²) in [7, 11) is 0. The molecular formula is C14H15F14NOS. The zero-order valence-corrected chi connectivity index (χ0v) is 15.8. The molecule has 0 atom stereocenters. The molecule has 0 spiro atoms. The summed E-state index contributed by atoms with van der Waals surface area (Å²) >= 11 is 0.521. The number of thioether (sulfide) groups is 1. The van der Waals surface area contributed by atoms with Gasteiger partial charge in [0.2, 0.25) is 5.91 Å². The van der Waals surface area contributed by atoms with E-state index in [4.69, 9.17) is 5.73 Å². The predicted molar refractivity (Wildman–Crippen MR) is 80.4 cm³/mol. The number of carbonyl (C=O) groups is 1. The van der Waals surface area contributed by atoms with Crippen LogP contribution in [0.3, 0.4) is 0 Å². The van der Waals surface area contributed by atoms with E-state index in [0.717, 1.165) is 0 Å². The van der Waals surface area contributed by atoms with Crippen LogP contribution in [-0.2, 0) is 4.79 Å². The van der Waals surface area contributed by atoms with Gasteiger partial charge in [0.25, 0.3) is 11.3 Å². The fourth-order valence-electron chi connectivity index (χ4n) is 2.38. The Morgan fingerprint density at radius 2 is 0.968 bits per heavy atom. The third-order valence-electron chi connectivity index (χ3n) is 4.10. The standard InChI is InChI=1S/C14H15F14NOS/c15-9(11(17,18)19,12(20,21)22)5-7(1-3-31-4-2-8(29)30)6-10(16,13(23,24)25)14(26,27)28/h7H,1-6H2,(H2,29,30). The second-order valence-electron chi connectivity index (χ2n) is 6.49. The molecule has 2 nitrogen and oxygen atoms in total. The molecule has 0 aliphatic carbocycles. The summed E-state index contributed by atoms with van der Waals surface area (Å²) in [5, 5.41) is 0. The Labute approximate surface area is 169 Å². The van der Waals surface area contributed by atoms with Gasteiger partial charge in [0, 0.05) is 25.0 Å². The molecule has 2 N–H and O–H groups in total. The minimum Gasteiger partial charge on any atom is -0.370 e. The minimum atomic E-state index is -6.75. The average molecular weight is 511 g/mol. The number of hydrogen-bond acceptors (Lipinski definition) is 2. The van der Waals surface area contributed by atoms with E-state index in [9.17, 15) is 66.3 Å².